The highest BCUT2D eigenvalue weighted by Crippen LogP contribution is 2.38. The average Bonchev–Trinajstić information content (AvgIpc) is 3.62. The number of carbonyl (C=O) groups excluding carboxylic acids is 2. The Morgan fingerprint density at radius 1 is 1.25 bits per heavy atom. The number of anilines is 2. The zero-order chi connectivity index (χ0) is 22.8. The first kappa shape index (κ1) is 21.0. The number of nitrogen functional groups attached to an aromatic ring is 1. The third-order valence-corrected chi connectivity index (χ3v) is 4.90. The lowest BCUT2D eigenvalue weighted by atomic mass is 10.2. The summed E-state index contributed by atoms with van der Waals surface area (Å²) in [6, 6.07) is 3.05. The molecule has 12 nitrogen and oxygen atoms in total. The van der Waals surface area contributed by atoms with Crippen molar-refractivity contribution >= 4 is 34.6 Å². The largest absolute Gasteiger partial charge is 0.491 e. The van der Waals surface area contributed by atoms with Gasteiger partial charge >= 0.3 is 0 Å². The van der Waals surface area contributed by atoms with Gasteiger partial charge in [0.15, 0.2) is 18.1 Å². The Kier molecular flexibility index (Phi) is 5.58. The SMILES string of the molecule is CNC(=O)COc1ccc2c(=O)n(C3CC3)c(NC(=O)c3cnc(N)nc3)nc2c1OC. The van der Waals surface area contributed by atoms with Crippen molar-refractivity contribution in [2.24, 2.45) is 0 Å². The van der Waals surface area contributed by atoms with E-state index in [0.29, 0.717) is 5.39 Å². The Bertz CT molecular complexity index is 1250. The van der Waals surface area contributed by atoms with E-state index < -0.39 is 5.91 Å². The van der Waals surface area contributed by atoms with E-state index in [4.69, 9.17) is 15.2 Å². The third-order valence-electron chi connectivity index (χ3n) is 4.90. The van der Waals surface area contributed by atoms with Crippen molar-refractivity contribution in [2.45, 2.75) is 18.9 Å². The lowest BCUT2D eigenvalue weighted by Crippen LogP contribution is -2.27. The number of aromatic nitrogens is 4. The predicted octanol–water partition coefficient (Wildman–Crippen LogP) is 0.489. The van der Waals surface area contributed by atoms with Gasteiger partial charge in [0.25, 0.3) is 17.4 Å². The number of fused-ring (bicyclic) bond motifs is 1. The van der Waals surface area contributed by atoms with Gasteiger partial charge in [-0.1, -0.05) is 0 Å². The van der Waals surface area contributed by atoms with Crippen LogP contribution in [0.1, 0.15) is 29.2 Å². The van der Waals surface area contributed by atoms with Gasteiger partial charge in [-0.15, -0.1) is 0 Å². The van der Waals surface area contributed by atoms with Gasteiger partial charge in [-0.2, -0.15) is 0 Å². The fourth-order valence-corrected chi connectivity index (χ4v) is 3.14. The van der Waals surface area contributed by atoms with E-state index >= 15 is 0 Å². The van der Waals surface area contributed by atoms with Crippen molar-refractivity contribution in [3.63, 3.8) is 0 Å². The molecule has 2 heterocycles. The van der Waals surface area contributed by atoms with Crippen LogP contribution in [-0.2, 0) is 4.79 Å². The number of methoxy groups -OCH3 is 1. The van der Waals surface area contributed by atoms with Gasteiger partial charge in [0.2, 0.25) is 11.9 Å². The minimum Gasteiger partial charge on any atom is -0.491 e. The number of rotatable bonds is 7. The second-order valence-corrected chi connectivity index (χ2v) is 7.08. The Hall–Kier alpha value is -4.22. The molecule has 0 radical (unpaired) electrons. The van der Waals surface area contributed by atoms with E-state index in [1.807, 2.05) is 0 Å². The van der Waals surface area contributed by atoms with Gasteiger partial charge in [0.1, 0.15) is 5.52 Å². The van der Waals surface area contributed by atoms with Gasteiger partial charge in [-0.25, -0.2) is 15.0 Å². The molecular formula is C20H21N7O5. The zero-order valence-corrected chi connectivity index (χ0v) is 17.4. The molecule has 3 aromatic rings. The van der Waals surface area contributed by atoms with Crippen LogP contribution in [0.3, 0.4) is 0 Å². The monoisotopic (exact) mass is 439 g/mol. The summed E-state index contributed by atoms with van der Waals surface area (Å²) in [4.78, 5) is 49.7. The smallest absolute Gasteiger partial charge is 0.263 e. The van der Waals surface area contributed by atoms with Crippen LogP contribution in [0, 0.1) is 0 Å². The van der Waals surface area contributed by atoms with Crippen LogP contribution in [0.15, 0.2) is 29.3 Å². The zero-order valence-electron chi connectivity index (χ0n) is 17.4. The third kappa shape index (κ3) is 4.02. The Morgan fingerprint density at radius 3 is 2.59 bits per heavy atom. The van der Waals surface area contributed by atoms with Gasteiger partial charge < -0.3 is 20.5 Å². The minimum absolute atomic E-state index is 0.0364. The fourth-order valence-electron chi connectivity index (χ4n) is 3.14. The predicted molar refractivity (Wildman–Crippen MR) is 115 cm³/mol. The topological polar surface area (TPSA) is 163 Å². The molecule has 4 rings (SSSR count). The summed E-state index contributed by atoms with van der Waals surface area (Å²) >= 11 is 0. The summed E-state index contributed by atoms with van der Waals surface area (Å²) in [5.41, 5.74) is 5.51. The molecule has 0 aliphatic heterocycles. The van der Waals surface area contributed by atoms with E-state index in [1.165, 1.54) is 31.1 Å². The lowest BCUT2D eigenvalue weighted by molar-refractivity contribution is -0.122. The fraction of sp³-hybridized carbons (Fsp3) is 0.300. The number of nitrogens with zero attached hydrogens (tertiary/aromatic N) is 4. The number of nitrogens with two attached hydrogens (primary N) is 1. The first-order chi connectivity index (χ1) is 15.4. The molecule has 0 saturated heterocycles. The number of hydrogen-bond acceptors (Lipinski definition) is 9. The van der Waals surface area contributed by atoms with Crippen LogP contribution in [0.2, 0.25) is 0 Å². The molecule has 0 unspecified atom stereocenters. The number of nitrogens with one attached hydrogen (secondary N) is 2. The first-order valence-corrected chi connectivity index (χ1v) is 9.78. The normalized spacial score (nSPS) is 12.9. The highest BCUT2D eigenvalue weighted by molar-refractivity contribution is 6.03. The summed E-state index contributed by atoms with van der Waals surface area (Å²) in [5.74, 6) is -0.357. The van der Waals surface area contributed by atoms with Crippen LogP contribution in [-0.4, -0.2) is 52.1 Å². The molecule has 166 valence electrons. The van der Waals surface area contributed by atoms with Crippen molar-refractivity contribution < 1.29 is 19.1 Å². The molecule has 4 N–H and O–H groups in total. The molecule has 12 heteroatoms. The molecule has 0 spiro atoms. The number of carbonyl (C=O) groups is 2. The Morgan fingerprint density at radius 2 is 1.97 bits per heavy atom. The molecule has 0 atom stereocenters. The van der Waals surface area contributed by atoms with Crippen molar-refractivity contribution in [1.29, 1.82) is 0 Å². The minimum atomic E-state index is -0.545. The summed E-state index contributed by atoms with van der Waals surface area (Å²) < 4.78 is 12.4. The number of hydrogen-bond donors (Lipinski definition) is 3. The van der Waals surface area contributed by atoms with Crippen LogP contribution < -0.4 is 31.4 Å². The molecule has 2 amide bonds. The van der Waals surface area contributed by atoms with Crippen LogP contribution in [0.25, 0.3) is 10.9 Å². The maximum atomic E-state index is 13.3. The van der Waals surface area contributed by atoms with E-state index in [0.717, 1.165) is 12.8 Å². The van der Waals surface area contributed by atoms with Gasteiger partial charge in [0, 0.05) is 25.5 Å². The van der Waals surface area contributed by atoms with Crippen LogP contribution in [0.5, 0.6) is 11.5 Å². The molecule has 1 saturated carbocycles. The molecule has 0 bridgehead atoms. The van der Waals surface area contributed by atoms with E-state index in [9.17, 15) is 14.4 Å². The number of amides is 2. The van der Waals surface area contributed by atoms with Gasteiger partial charge in [-0.3, -0.25) is 24.3 Å². The Labute approximate surface area is 181 Å². The number of ether oxygens (including phenoxy) is 2. The molecule has 1 fully saturated rings. The van der Waals surface area contributed by atoms with Gasteiger partial charge in [-0.05, 0) is 25.0 Å². The highest BCUT2D eigenvalue weighted by Gasteiger charge is 2.30. The van der Waals surface area contributed by atoms with Crippen LogP contribution in [0.4, 0.5) is 11.9 Å². The average molecular weight is 439 g/mol. The summed E-state index contributed by atoms with van der Waals surface area (Å²) in [5, 5.41) is 5.42. The molecule has 2 aromatic heterocycles. The maximum absolute atomic E-state index is 13.3. The first-order valence-electron chi connectivity index (χ1n) is 9.78. The standard InChI is InChI=1S/C20H21N7O5/c1-22-14(28)9-32-13-6-5-12-15(16(13)31-2)25-20(27(18(12)30)11-3-4-11)26-17(29)10-7-23-19(21)24-8-10/h5-8,11H,3-4,9H2,1-2H3,(H,22,28)(H2,21,23,24)(H,25,26,29). The number of benzene rings is 1. The second-order valence-electron chi connectivity index (χ2n) is 7.08. The van der Waals surface area contributed by atoms with Crippen molar-refractivity contribution in [3.05, 3.63) is 40.4 Å². The van der Waals surface area contributed by atoms with E-state index in [2.05, 4.69) is 25.6 Å². The lowest BCUT2D eigenvalue weighted by Gasteiger charge is -2.16. The molecule has 1 aliphatic carbocycles. The van der Waals surface area contributed by atoms with Crippen molar-refractivity contribution in [1.82, 2.24) is 24.8 Å². The number of likely N-dealkylation sites (N-methyl/N-ethyl adjacent to an activating group) is 1. The summed E-state index contributed by atoms with van der Waals surface area (Å²) in [6.45, 7) is -0.238. The van der Waals surface area contributed by atoms with Gasteiger partial charge in [0.05, 0.1) is 18.1 Å². The molecule has 32 heavy (non-hydrogen) atoms. The summed E-state index contributed by atoms with van der Waals surface area (Å²) in [6.07, 6.45) is 4.16. The van der Waals surface area contributed by atoms with E-state index in [-0.39, 0.29) is 58.6 Å². The second kappa shape index (κ2) is 8.49. The van der Waals surface area contributed by atoms with E-state index in [1.54, 1.807) is 12.1 Å². The van der Waals surface area contributed by atoms with Crippen LogP contribution >= 0.6 is 0 Å². The maximum Gasteiger partial charge on any atom is 0.263 e. The van der Waals surface area contributed by atoms with Crippen molar-refractivity contribution in [3.8, 4) is 11.5 Å². The summed E-state index contributed by atoms with van der Waals surface area (Å²) in [7, 11) is 2.89. The molecule has 1 aliphatic rings. The van der Waals surface area contributed by atoms with Crippen molar-refractivity contribution in [2.75, 3.05) is 31.8 Å². The highest BCUT2D eigenvalue weighted by atomic mass is 16.5. The quantitative estimate of drug-likeness (QED) is 0.475. The Balaban J connectivity index is 1.79. The molecular weight excluding hydrogens is 418 g/mol. The molecule has 1 aromatic carbocycles.